The van der Waals surface area contributed by atoms with Crippen LogP contribution in [0.2, 0.25) is 0 Å². The first-order valence-corrected chi connectivity index (χ1v) is 6.53. The van der Waals surface area contributed by atoms with Crippen LogP contribution in [0.4, 0.5) is 0 Å². The number of carboxylic acids is 1. The minimum absolute atomic E-state index is 0.562. The van der Waals surface area contributed by atoms with Crippen molar-refractivity contribution in [1.82, 2.24) is 4.90 Å². The van der Waals surface area contributed by atoms with Gasteiger partial charge >= 0.3 is 5.97 Å². The molecular formula is C10H16N2O5S. The Hall–Kier alpha value is -0.830. The van der Waals surface area contributed by atoms with Gasteiger partial charge in [0.1, 0.15) is 23.7 Å². The van der Waals surface area contributed by atoms with Crippen LogP contribution in [0.15, 0.2) is 4.99 Å². The van der Waals surface area contributed by atoms with Gasteiger partial charge in [-0.2, -0.15) is 0 Å². The number of carbonyl (C=O) groups is 1. The number of nitrogens with zero attached hydrogens (tertiary/aromatic N) is 2. The van der Waals surface area contributed by atoms with Crippen LogP contribution >= 0.6 is 11.8 Å². The highest BCUT2D eigenvalue weighted by Gasteiger charge is 2.50. The first-order chi connectivity index (χ1) is 8.45. The number of amidine groups is 1. The third kappa shape index (κ3) is 2.20. The van der Waals surface area contributed by atoms with E-state index in [9.17, 15) is 15.0 Å². The van der Waals surface area contributed by atoms with Crippen LogP contribution in [0.25, 0.3) is 0 Å². The highest BCUT2D eigenvalue weighted by atomic mass is 32.2. The third-order valence-electron chi connectivity index (χ3n) is 3.09. The van der Waals surface area contributed by atoms with E-state index in [1.165, 1.54) is 11.8 Å². The SMILES string of the molecule is CCN(C)C1=NC2C(OC(C(=O)O)C(O)C2O)S1. The Balaban J connectivity index is 2.16. The van der Waals surface area contributed by atoms with Crippen LogP contribution in [0.3, 0.4) is 0 Å². The Labute approximate surface area is 108 Å². The standard InChI is InChI=1S/C10H16N2O5S/c1-3-12(2)10-11-4-5(13)6(14)7(8(15)16)17-9(4)18-10/h4-7,9,13-14H,3H2,1-2H3,(H,15,16). The molecule has 0 aromatic carbocycles. The molecule has 0 saturated carbocycles. The van der Waals surface area contributed by atoms with Crippen molar-refractivity contribution >= 4 is 22.9 Å². The molecule has 2 aliphatic rings. The van der Waals surface area contributed by atoms with Crippen molar-refractivity contribution in [3.63, 3.8) is 0 Å². The Kier molecular flexibility index (Phi) is 3.81. The molecule has 0 aromatic heterocycles. The third-order valence-corrected chi connectivity index (χ3v) is 4.35. The van der Waals surface area contributed by atoms with Gasteiger partial charge in [-0.15, -0.1) is 0 Å². The molecule has 1 fully saturated rings. The second-order valence-corrected chi connectivity index (χ2v) is 5.34. The molecule has 0 spiro atoms. The molecular weight excluding hydrogens is 260 g/mol. The van der Waals surface area contributed by atoms with Gasteiger partial charge in [0.25, 0.3) is 0 Å². The van der Waals surface area contributed by atoms with Gasteiger partial charge in [-0.25, -0.2) is 4.79 Å². The predicted molar refractivity (Wildman–Crippen MR) is 65.4 cm³/mol. The average molecular weight is 276 g/mol. The van der Waals surface area contributed by atoms with E-state index in [0.29, 0.717) is 5.17 Å². The Morgan fingerprint density at radius 2 is 2.17 bits per heavy atom. The molecule has 18 heavy (non-hydrogen) atoms. The van der Waals surface area contributed by atoms with E-state index in [2.05, 4.69) is 4.99 Å². The molecule has 102 valence electrons. The molecule has 0 radical (unpaired) electrons. The first-order valence-electron chi connectivity index (χ1n) is 5.65. The van der Waals surface area contributed by atoms with Crippen LogP contribution < -0.4 is 0 Å². The zero-order valence-electron chi connectivity index (χ0n) is 10.1. The molecule has 0 aliphatic carbocycles. The lowest BCUT2D eigenvalue weighted by molar-refractivity contribution is -0.184. The lowest BCUT2D eigenvalue weighted by Gasteiger charge is -2.36. The molecule has 5 unspecified atom stereocenters. The summed E-state index contributed by atoms with van der Waals surface area (Å²) in [5.74, 6) is -1.28. The van der Waals surface area contributed by atoms with E-state index in [4.69, 9.17) is 9.84 Å². The van der Waals surface area contributed by atoms with Gasteiger partial charge in [-0.1, -0.05) is 11.8 Å². The Bertz CT molecular complexity index is 377. The van der Waals surface area contributed by atoms with Crippen LogP contribution in [0.5, 0.6) is 0 Å². The fourth-order valence-corrected chi connectivity index (χ4v) is 3.11. The van der Waals surface area contributed by atoms with Crippen molar-refractivity contribution in [2.75, 3.05) is 13.6 Å². The lowest BCUT2D eigenvalue weighted by Crippen LogP contribution is -2.57. The zero-order valence-corrected chi connectivity index (χ0v) is 10.9. The van der Waals surface area contributed by atoms with E-state index in [0.717, 1.165) is 6.54 Å². The van der Waals surface area contributed by atoms with Gasteiger partial charge in [-0.3, -0.25) is 4.99 Å². The number of aliphatic imine (C=N–C) groups is 1. The number of fused-ring (bicyclic) bond motifs is 1. The topological polar surface area (TPSA) is 103 Å². The first kappa shape index (κ1) is 13.6. The smallest absolute Gasteiger partial charge is 0.335 e. The maximum Gasteiger partial charge on any atom is 0.335 e. The predicted octanol–water partition coefficient (Wildman–Crippen LogP) is -1.06. The highest BCUT2D eigenvalue weighted by molar-refractivity contribution is 8.14. The summed E-state index contributed by atoms with van der Waals surface area (Å²) >= 11 is 1.27. The number of thioether (sulfide) groups is 1. The normalized spacial score (nSPS) is 39.1. The molecule has 8 heteroatoms. The van der Waals surface area contributed by atoms with Gasteiger partial charge in [0.2, 0.25) is 0 Å². The summed E-state index contributed by atoms with van der Waals surface area (Å²) in [6.07, 6.45) is -4.09. The highest BCUT2D eigenvalue weighted by Crippen LogP contribution is 2.37. The quantitative estimate of drug-likeness (QED) is 0.591. The number of ether oxygens (including phenoxy) is 1. The Morgan fingerprint density at radius 1 is 1.50 bits per heavy atom. The van der Waals surface area contributed by atoms with Gasteiger partial charge < -0.3 is 25.0 Å². The fraction of sp³-hybridized carbons (Fsp3) is 0.800. The summed E-state index contributed by atoms with van der Waals surface area (Å²) in [5, 5.41) is 29.2. The second-order valence-electron chi connectivity index (χ2n) is 4.28. The van der Waals surface area contributed by atoms with Crippen molar-refractivity contribution in [3.05, 3.63) is 0 Å². The summed E-state index contributed by atoms with van der Waals surface area (Å²) in [6, 6.07) is -0.621. The maximum atomic E-state index is 10.9. The van der Waals surface area contributed by atoms with E-state index in [-0.39, 0.29) is 0 Å². The van der Waals surface area contributed by atoms with Gasteiger partial charge in [0.05, 0.1) is 0 Å². The summed E-state index contributed by atoms with van der Waals surface area (Å²) in [5.41, 5.74) is -0.562. The number of aliphatic hydroxyl groups excluding tert-OH is 2. The van der Waals surface area contributed by atoms with Crippen molar-refractivity contribution in [1.29, 1.82) is 0 Å². The van der Waals surface area contributed by atoms with Gasteiger partial charge in [0, 0.05) is 13.6 Å². The molecule has 2 heterocycles. The van der Waals surface area contributed by atoms with Crippen LogP contribution in [-0.2, 0) is 9.53 Å². The number of aliphatic carboxylic acids is 1. The molecule has 0 aromatic rings. The van der Waals surface area contributed by atoms with Crippen molar-refractivity contribution in [2.24, 2.45) is 4.99 Å². The molecule has 1 saturated heterocycles. The molecule has 2 rings (SSSR count). The second kappa shape index (κ2) is 5.04. The monoisotopic (exact) mass is 276 g/mol. The molecule has 0 amide bonds. The molecule has 3 N–H and O–H groups in total. The molecule has 5 atom stereocenters. The number of rotatable bonds is 2. The Morgan fingerprint density at radius 3 is 2.72 bits per heavy atom. The van der Waals surface area contributed by atoms with Crippen LogP contribution in [0, 0.1) is 0 Å². The van der Waals surface area contributed by atoms with Gasteiger partial charge in [-0.05, 0) is 6.92 Å². The minimum Gasteiger partial charge on any atom is -0.479 e. The number of hydrogen-bond donors (Lipinski definition) is 3. The average Bonchev–Trinajstić information content (AvgIpc) is 2.76. The van der Waals surface area contributed by atoms with E-state index in [1.807, 2.05) is 18.9 Å². The van der Waals surface area contributed by atoms with Crippen LogP contribution in [0.1, 0.15) is 6.92 Å². The van der Waals surface area contributed by atoms with E-state index >= 15 is 0 Å². The largest absolute Gasteiger partial charge is 0.479 e. The summed E-state index contributed by atoms with van der Waals surface area (Å²) in [6.45, 7) is 2.70. The number of hydrogen-bond acceptors (Lipinski definition) is 7. The molecule has 2 aliphatic heterocycles. The summed E-state index contributed by atoms with van der Waals surface area (Å²) < 4.78 is 5.29. The summed E-state index contributed by atoms with van der Waals surface area (Å²) in [7, 11) is 1.85. The summed E-state index contributed by atoms with van der Waals surface area (Å²) in [4.78, 5) is 17.1. The fourth-order valence-electron chi connectivity index (χ4n) is 1.87. The molecule has 0 bridgehead atoms. The van der Waals surface area contributed by atoms with Crippen molar-refractivity contribution in [2.45, 2.75) is 36.7 Å². The van der Waals surface area contributed by atoms with E-state index in [1.54, 1.807) is 0 Å². The maximum absolute atomic E-state index is 10.9. The van der Waals surface area contributed by atoms with E-state index < -0.39 is 35.8 Å². The van der Waals surface area contributed by atoms with Crippen molar-refractivity contribution < 1.29 is 24.9 Å². The van der Waals surface area contributed by atoms with Gasteiger partial charge in [0.15, 0.2) is 11.3 Å². The number of carboxylic acid groups (broad SMARTS) is 1. The number of aliphatic hydroxyl groups is 2. The minimum atomic E-state index is -1.46. The molecule has 7 nitrogen and oxygen atoms in total. The zero-order chi connectivity index (χ0) is 13.4. The lowest BCUT2D eigenvalue weighted by atomic mass is 9.98. The van der Waals surface area contributed by atoms with Crippen LogP contribution in [-0.4, -0.2) is 74.7 Å². The van der Waals surface area contributed by atoms with Crippen molar-refractivity contribution in [3.8, 4) is 0 Å².